The Bertz CT molecular complexity index is 1020. The molecule has 0 radical (unpaired) electrons. The number of aryl methyl sites for hydroxylation is 4. The Labute approximate surface area is 180 Å². The lowest BCUT2D eigenvalue weighted by Gasteiger charge is -2.36. The Morgan fingerprint density at radius 3 is 2.33 bits per heavy atom. The van der Waals surface area contributed by atoms with Gasteiger partial charge in [0.2, 0.25) is 0 Å². The smallest absolute Gasteiger partial charge is 0.172 e. The molecule has 0 unspecified atom stereocenters. The van der Waals surface area contributed by atoms with Gasteiger partial charge in [0.1, 0.15) is 0 Å². The molecule has 1 aliphatic heterocycles. The maximum absolute atomic E-state index is 6.36. The monoisotopic (exact) mass is 401 g/mol. The number of rotatable bonds is 5. The molecular formula is C26H31N3O. The Morgan fingerprint density at radius 2 is 1.63 bits per heavy atom. The zero-order chi connectivity index (χ0) is 21.4. The number of fused-ring (bicyclic) bond motifs is 2. The fraction of sp³-hybridized carbons (Fsp3) is 0.346. The number of nitrogens with zero attached hydrogens (tertiary/aromatic N) is 3. The highest BCUT2D eigenvalue weighted by Gasteiger charge is 2.30. The van der Waals surface area contributed by atoms with Crippen LogP contribution in [0.2, 0.25) is 0 Å². The Balaban J connectivity index is 1.89. The van der Waals surface area contributed by atoms with Gasteiger partial charge in [-0.15, -0.1) is 0 Å². The molecule has 0 amide bonds. The van der Waals surface area contributed by atoms with E-state index in [2.05, 4.69) is 79.9 Å². The van der Waals surface area contributed by atoms with Gasteiger partial charge in [-0.05, 0) is 75.1 Å². The molecular weight excluding hydrogens is 370 g/mol. The van der Waals surface area contributed by atoms with Gasteiger partial charge in [0, 0.05) is 25.5 Å². The first-order chi connectivity index (χ1) is 14.4. The van der Waals surface area contributed by atoms with Crippen molar-refractivity contribution in [1.82, 2.24) is 4.98 Å². The van der Waals surface area contributed by atoms with Crippen molar-refractivity contribution in [3.05, 3.63) is 65.0 Å². The summed E-state index contributed by atoms with van der Waals surface area (Å²) < 4.78 is 6.36. The molecule has 30 heavy (non-hydrogen) atoms. The van der Waals surface area contributed by atoms with Crippen LogP contribution in [0.25, 0.3) is 0 Å². The summed E-state index contributed by atoms with van der Waals surface area (Å²) in [6.07, 6.45) is 4.27. The third-order valence-corrected chi connectivity index (χ3v) is 5.93. The van der Waals surface area contributed by atoms with E-state index in [4.69, 9.17) is 4.74 Å². The van der Waals surface area contributed by atoms with E-state index in [9.17, 15) is 0 Å². The van der Waals surface area contributed by atoms with E-state index < -0.39 is 0 Å². The molecule has 1 aliphatic rings. The van der Waals surface area contributed by atoms with Crippen molar-refractivity contribution in [3.63, 3.8) is 0 Å². The molecule has 0 atom stereocenters. The number of para-hydroxylation sites is 1. The summed E-state index contributed by atoms with van der Waals surface area (Å²) in [6, 6.07) is 13.0. The SMILES string of the molecule is CCCCN(C)c1cc(C)c(N2c3cccc(C)c3Oc3c2ccnc3C)c(C)c1. The van der Waals surface area contributed by atoms with Crippen LogP contribution < -0.4 is 14.5 Å². The lowest BCUT2D eigenvalue weighted by Crippen LogP contribution is -2.21. The molecule has 0 aliphatic carbocycles. The van der Waals surface area contributed by atoms with Crippen LogP contribution in [0.4, 0.5) is 22.7 Å². The molecule has 2 aromatic carbocycles. The first kappa shape index (κ1) is 20.3. The zero-order valence-corrected chi connectivity index (χ0v) is 18.9. The first-order valence-electron chi connectivity index (χ1n) is 10.8. The van der Waals surface area contributed by atoms with Gasteiger partial charge in [0.25, 0.3) is 0 Å². The second kappa shape index (κ2) is 8.02. The van der Waals surface area contributed by atoms with Crippen molar-refractivity contribution in [2.45, 2.75) is 47.5 Å². The number of benzene rings is 2. The Kier molecular flexibility index (Phi) is 5.42. The molecule has 0 bridgehead atoms. The third-order valence-electron chi connectivity index (χ3n) is 5.93. The standard InChI is InChI=1S/C26H31N3O/c1-7-8-14-28(6)21-15-18(3)24(19(4)16-21)29-22-11-9-10-17(2)25(22)30-26-20(5)27-13-12-23(26)29/h9-13,15-16H,7-8,14H2,1-6H3. The minimum absolute atomic E-state index is 0.835. The topological polar surface area (TPSA) is 28.6 Å². The largest absolute Gasteiger partial charge is 0.451 e. The van der Waals surface area contributed by atoms with Gasteiger partial charge in [0.05, 0.1) is 22.8 Å². The highest BCUT2D eigenvalue weighted by Crippen LogP contribution is 2.53. The molecule has 3 aromatic rings. The van der Waals surface area contributed by atoms with Crippen molar-refractivity contribution in [3.8, 4) is 11.5 Å². The van der Waals surface area contributed by atoms with Gasteiger partial charge < -0.3 is 14.5 Å². The Hall–Kier alpha value is -3.01. The summed E-state index contributed by atoms with van der Waals surface area (Å²) in [4.78, 5) is 9.17. The normalized spacial score (nSPS) is 12.3. The fourth-order valence-corrected chi connectivity index (χ4v) is 4.29. The molecule has 0 saturated heterocycles. The van der Waals surface area contributed by atoms with Crippen LogP contribution in [0.5, 0.6) is 11.5 Å². The average Bonchev–Trinajstić information content (AvgIpc) is 2.72. The molecule has 156 valence electrons. The van der Waals surface area contributed by atoms with Gasteiger partial charge in [-0.2, -0.15) is 0 Å². The summed E-state index contributed by atoms with van der Waals surface area (Å²) in [5.41, 5.74) is 9.13. The highest BCUT2D eigenvalue weighted by molar-refractivity contribution is 5.90. The van der Waals surface area contributed by atoms with E-state index in [0.717, 1.165) is 40.7 Å². The maximum Gasteiger partial charge on any atom is 0.172 e. The van der Waals surface area contributed by atoms with Gasteiger partial charge in [-0.3, -0.25) is 4.98 Å². The van der Waals surface area contributed by atoms with Gasteiger partial charge in [-0.25, -0.2) is 0 Å². The summed E-state index contributed by atoms with van der Waals surface area (Å²) in [5, 5.41) is 0. The van der Waals surface area contributed by atoms with Gasteiger partial charge in [-0.1, -0.05) is 25.5 Å². The number of unbranched alkanes of at least 4 members (excludes halogenated alkanes) is 1. The molecule has 0 fully saturated rings. The van der Waals surface area contributed by atoms with E-state index in [-0.39, 0.29) is 0 Å². The van der Waals surface area contributed by atoms with Crippen LogP contribution in [-0.2, 0) is 0 Å². The van der Waals surface area contributed by atoms with Crippen LogP contribution in [0.1, 0.15) is 42.1 Å². The summed E-state index contributed by atoms with van der Waals surface area (Å²) in [5.74, 6) is 1.74. The van der Waals surface area contributed by atoms with Crippen molar-refractivity contribution in [2.75, 3.05) is 23.4 Å². The molecule has 0 spiro atoms. The van der Waals surface area contributed by atoms with Crippen LogP contribution in [0.15, 0.2) is 42.6 Å². The molecule has 4 heteroatoms. The van der Waals surface area contributed by atoms with Crippen LogP contribution >= 0.6 is 0 Å². The number of pyridine rings is 1. The number of aromatic nitrogens is 1. The number of anilines is 4. The predicted molar refractivity (Wildman–Crippen MR) is 126 cm³/mol. The van der Waals surface area contributed by atoms with Crippen molar-refractivity contribution < 1.29 is 4.74 Å². The van der Waals surface area contributed by atoms with Crippen LogP contribution in [-0.4, -0.2) is 18.6 Å². The highest BCUT2D eigenvalue weighted by atomic mass is 16.5. The number of hydrogen-bond donors (Lipinski definition) is 0. The molecule has 0 saturated carbocycles. The molecule has 4 rings (SSSR count). The second-order valence-corrected chi connectivity index (χ2v) is 8.31. The minimum atomic E-state index is 0.835. The van der Waals surface area contributed by atoms with E-state index in [0.29, 0.717) is 0 Å². The molecule has 0 N–H and O–H groups in total. The van der Waals surface area contributed by atoms with Crippen LogP contribution in [0, 0.1) is 27.7 Å². The van der Waals surface area contributed by atoms with Crippen LogP contribution in [0.3, 0.4) is 0 Å². The maximum atomic E-state index is 6.36. The zero-order valence-electron chi connectivity index (χ0n) is 18.9. The molecule has 2 heterocycles. The molecule has 1 aromatic heterocycles. The average molecular weight is 402 g/mol. The lowest BCUT2D eigenvalue weighted by atomic mass is 10.0. The first-order valence-corrected chi connectivity index (χ1v) is 10.8. The van der Waals surface area contributed by atoms with Gasteiger partial charge in [0.15, 0.2) is 11.5 Å². The fourth-order valence-electron chi connectivity index (χ4n) is 4.29. The van der Waals surface area contributed by atoms with E-state index in [1.165, 1.54) is 35.3 Å². The summed E-state index contributed by atoms with van der Waals surface area (Å²) in [7, 11) is 2.18. The second-order valence-electron chi connectivity index (χ2n) is 8.31. The van der Waals surface area contributed by atoms with Crippen molar-refractivity contribution >= 4 is 22.7 Å². The lowest BCUT2D eigenvalue weighted by molar-refractivity contribution is 0.466. The Morgan fingerprint density at radius 1 is 0.933 bits per heavy atom. The van der Waals surface area contributed by atoms with E-state index in [1.54, 1.807) is 0 Å². The van der Waals surface area contributed by atoms with Crippen molar-refractivity contribution in [1.29, 1.82) is 0 Å². The summed E-state index contributed by atoms with van der Waals surface area (Å²) in [6.45, 7) is 11.8. The number of hydrogen-bond acceptors (Lipinski definition) is 4. The van der Waals surface area contributed by atoms with E-state index >= 15 is 0 Å². The van der Waals surface area contributed by atoms with Gasteiger partial charge >= 0.3 is 0 Å². The summed E-state index contributed by atoms with van der Waals surface area (Å²) >= 11 is 0. The number of ether oxygens (including phenoxy) is 1. The molecule has 4 nitrogen and oxygen atoms in total. The predicted octanol–water partition coefficient (Wildman–Crippen LogP) is 7.13. The van der Waals surface area contributed by atoms with E-state index in [1.807, 2.05) is 19.2 Å². The van der Waals surface area contributed by atoms with Crippen molar-refractivity contribution in [2.24, 2.45) is 0 Å². The third kappa shape index (κ3) is 3.41. The minimum Gasteiger partial charge on any atom is -0.451 e. The quantitative estimate of drug-likeness (QED) is 0.356.